The molecule has 3 N–H and O–H groups in total. The fourth-order valence-corrected chi connectivity index (χ4v) is 0.0934. The summed E-state index contributed by atoms with van der Waals surface area (Å²) in [5.41, 5.74) is 0. The van der Waals surface area contributed by atoms with Crippen molar-refractivity contribution in [1.82, 2.24) is 0 Å². The van der Waals surface area contributed by atoms with E-state index >= 15 is 0 Å². The van der Waals surface area contributed by atoms with E-state index in [9.17, 15) is 4.79 Å². The predicted octanol–water partition coefficient (Wildman–Crippen LogP) is -0.0424. The van der Waals surface area contributed by atoms with Gasteiger partial charge in [0.2, 0.25) is 0 Å². The van der Waals surface area contributed by atoms with Crippen molar-refractivity contribution in [2.75, 3.05) is 0 Å². The van der Waals surface area contributed by atoms with Gasteiger partial charge in [0, 0.05) is 6.08 Å². The third-order valence-corrected chi connectivity index (χ3v) is 0.448. The zero-order valence-corrected chi connectivity index (χ0v) is 6.11. The number of carbonyl (C=O) groups is 1. The number of carboxylic acids is 1. The monoisotopic (exact) mass is 158 g/mol. The molecule has 0 aromatic heterocycles. The van der Waals surface area contributed by atoms with Crippen LogP contribution in [0.4, 0.5) is 0 Å². The van der Waals surface area contributed by atoms with Crippen LogP contribution in [0.25, 0.3) is 0 Å². The van der Waals surface area contributed by atoms with Crippen molar-refractivity contribution >= 4 is 5.97 Å². The van der Waals surface area contributed by atoms with E-state index < -0.39 is 12.1 Å². The first-order valence-corrected chi connectivity index (χ1v) is 2.72. The average molecular weight is 158 g/mol. The summed E-state index contributed by atoms with van der Waals surface area (Å²) in [5, 5.41) is 23.5. The highest BCUT2D eigenvalue weighted by Gasteiger charge is 1.78. The Morgan fingerprint density at radius 2 is 2.09 bits per heavy atom. The van der Waals surface area contributed by atoms with Crippen LogP contribution in [-0.4, -0.2) is 27.4 Å². The average Bonchev–Trinajstić information content (AvgIpc) is 1.89. The van der Waals surface area contributed by atoms with E-state index in [1.165, 1.54) is 6.92 Å². The van der Waals surface area contributed by atoms with Crippen molar-refractivity contribution in [3.8, 4) is 12.0 Å². The lowest BCUT2D eigenvalue weighted by Crippen LogP contribution is -1.91. The zero-order chi connectivity index (χ0) is 9.28. The van der Waals surface area contributed by atoms with Crippen molar-refractivity contribution in [2.45, 2.75) is 13.0 Å². The summed E-state index contributed by atoms with van der Waals surface area (Å²) in [7, 11) is 0. The summed E-state index contributed by atoms with van der Waals surface area (Å²) in [6.45, 7) is 4.44. The first-order valence-electron chi connectivity index (χ1n) is 2.72. The van der Waals surface area contributed by atoms with E-state index in [1.54, 1.807) is 6.11 Å². The Morgan fingerprint density at radius 3 is 2.09 bits per heavy atom. The van der Waals surface area contributed by atoms with Crippen LogP contribution in [0.5, 0.6) is 0 Å². The van der Waals surface area contributed by atoms with Gasteiger partial charge in [-0.3, -0.25) is 0 Å². The topological polar surface area (TPSA) is 77.8 Å². The van der Waals surface area contributed by atoms with E-state index in [2.05, 4.69) is 12.5 Å². The maximum absolute atomic E-state index is 9.25. The van der Waals surface area contributed by atoms with Crippen molar-refractivity contribution < 1.29 is 20.1 Å². The molecule has 0 radical (unpaired) electrons. The minimum Gasteiger partial charge on any atom is -0.478 e. The van der Waals surface area contributed by atoms with Gasteiger partial charge in [-0.15, -0.1) is 0 Å². The molecule has 1 atom stereocenters. The van der Waals surface area contributed by atoms with E-state index in [0.29, 0.717) is 0 Å². The molecule has 4 nitrogen and oxygen atoms in total. The molecule has 0 fully saturated rings. The Balaban J connectivity index is 0. The van der Waals surface area contributed by atoms with Gasteiger partial charge in [0.15, 0.2) is 0 Å². The Morgan fingerprint density at radius 1 is 1.73 bits per heavy atom. The molecule has 0 aliphatic rings. The maximum Gasteiger partial charge on any atom is 0.327 e. The lowest BCUT2D eigenvalue weighted by Gasteiger charge is -1.81. The minimum atomic E-state index is -0.981. The molecular formula is C7H10O4. The van der Waals surface area contributed by atoms with Crippen LogP contribution in [0.3, 0.4) is 0 Å². The second kappa shape index (κ2) is 8.53. The molecule has 0 aromatic carbocycles. The molecule has 0 aliphatic carbocycles. The number of aliphatic hydroxyl groups is 2. The highest BCUT2D eigenvalue weighted by atomic mass is 16.4. The first kappa shape index (κ1) is 12.2. The van der Waals surface area contributed by atoms with Gasteiger partial charge in [0.25, 0.3) is 0 Å². The third-order valence-electron chi connectivity index (χ3n) is 0.448. The van der Waals surface area contributed by atoms with Gasteiger partial charge in [0.05, 0.1) is 0 Å². The summed E-state index contributed by atoms with van der Waals surface area (Å²) in [6.07, 6.45) is 1.69. The highest BCUT2D eigenvalue weighted by molar-refractivity contribution is 5.78. The van der Waals surface area contributed by atoms with Crippen LogP contribution < -0.4 is 0 Å². The van der Waals surface area contributed by atoms with Crippen LogP contribution in [-0.2, 0) is 4.79 Å². The van der Waals surface area contributed by atoms with Gasteiger partial charge in [0.1, 0.15) is 12.2 Å². The first-order chi connectivity index (χ1) is 5.04. The zero-order valence-electron chi connectivity index (χ0n) is 6.11. The molecule has 0 spiro atoms. The molecule has 4 heteroatoms. The Hall–Kier alpha value is -1.47. The summed E-state index contributed by atoms with van der Waals surface area (Å²) in [5.74, 6) is 1.09. The number of aliphatic hydroxyl groups excluding tert-OH is 2. The second-order valence-electron chi connectivity index (χ2n) is 1.47. The minimum absolute atomic E-state index is 0.713. The standard InChI is InChI=1S/C4H6O2.C3H4O2/c1-4(6)2-3-5;1-2-3(4)5/h4-6H,1H3;2H,1H2,(H,4,5). The molecule has 0 heterocycles. The van der Waals surface area contributed by atoms with E-state index in [0.717, 1.165) is 6.08 Å². The van der Waals surface area contributed by atoms with E-state index in [-0.39, 0.29) is 0 Å². The van der Waals surface area contributed by atoms with Crippen molar-refractivity contribution in [3.05, 3.63) is 12.7 Å². The fraction of sp³-hybridized carbons (Fsp3) is 0.286. The maximum atomic E-state index is 9.25. The van der Waals surface area contributed by atoms with Crippen LogP contribution >= 0.6 is 0 Å². The Labute approximate surface area is 64.8 Å². The normalized spacial score (nSPS) is 9.27. The highest BCUT2D eigenvalue weighted by Crippen LogP contribution is 1.68. The Kier molecular flexibility index (Phi) is 9.48. The smallest absolute Gasteiger partial charge is 0.327 e. The summed E-state index contributed by atoms with van der Waals surface area (Å²) in [6, 6.07) is 0. The van der Waals surface area contributed by atoms with Gasteiger partial charge in [-0.2, -0.15) is 0 Å². The Bertz CT molecular complexity index is 173. The van der Waals surface area contributed by atoms with Gasteiger partial charge in [-0.25, -0.2) is 4.79 Å². The molecule has 0 amide bonds. The van der Waals surface area contributed by atoms with Crippen LogP contribution in [0.15, 0.2) is 12.7 Å². The van der Waals surface area contributed by atoms with Gasteiger partial charge < -0.3 is 15.3 Å². The van der Waals surface area contributed by atoms with Crippen molar-refractivity contribution in [3.63, 3.8) is 0 Å². The fourth-order valence-electron chi connectivity index (χ4n) is 0.0934. The summed E-state index contributed by atoms with van der Waals surface area (Å²) < 4.78 is 0. The third kappa shape index (κ3) is 29.2. The number of rotatable bonds is 1. The number of aliphatic carboxylic acids is 1. The SMILES string of the molecule is C=CC(=O)O.CC(O)C#CO. The predicted molar refractivity (Wildman–Crippen MR) is 39.2 cm³/mol. The van der Waals surface area contributed by atoms with Gasteiger partial charge >= 0.3 is 5.97 Å². The lowest BCUT2D eigenvalue weighted by atomic mass is 10.4. The number of hydrogen-bond donors (Lipinski definition) is 3. The van der Waals surface area contributed by atoms with E-state index in [1.807, 2.05) is 0 Å². The van der Waals surface area contributed by atoms with Crippen molar-refractivity contribution in [2.24, 2.45) is 0 Å². The molecular weight excluding hydrogens is 148 g/mol. The summed E-state index contributed by atoms with van der Waals surface area (Å²) in [4.78, 5) is 9.25. The van der Waals surface area contributed by atoms with Crippen LogP contribution in [0.1, 0.15) is 6.92 Å². The molecule has 0 saturated heterocycles. The quantitative estimate of drug-likeness (QED) is 0.369. The van der Waals surface area contributed by atoms with Gasteiger partial charge in [-0.1, -0.05) is 6.58 Å². The molecule has 0 saturated carbocycles. The van der Waals surface area contributed by atoms with Crippen molar-refractivity contribution in [1.29, 1.82) is 0 Å². The van der Waals surface area contributed by atoms with E-state index in [4.69, 9.17) is 15.3 Å². The van der Waals surface area contributed by atoms with Crippen LogP contribution in [0.2, 0.25) is 0 Å². The van der Waals surface area contributed by atoms with Gasteiger partial charge in [-0.05, 0) is 12.8 Å². The number of hydrogen-bond acceptors (Lipinski definition) is 3. The molecule has 62 valence electrons. The molecule has 0 aliphatic heterocycles. The lowest BCUT2D eigenvalue weighted by molar-refractivity contribution is -0.131. The summed E-state index contributed by atoms with van der Waals surface area (Å²) >= 11 is 0. The molecule has 1 unspecified atom stereocenters. The number of carboxylic acid groups (broad SMARTS) is 1. The van der Waals surface area contributed by atoms with Crippen LogP contribution in [0, 0.1) is 12.0 Å². The molecule has 0 bridgehead atoms. The largest absolute Gasteiger partial charge is 0.478 e. The molecule has 0 rings (SSSR count). The molecule has 0 aromatic rings. The second-order valence-corrected chi connectivity index (χ2v) is 1.47. The molecule has 11 heavy (non-hydrogen) atoms.